The van der Waals surface area contributed by atoms with Gasteiger partial charge in [0.2, 0.25) is 0 Å². The first-order valence-corrected chi connectivity index (χ1v) is 10.6. The lowest BCUT2D eigenvalue weighted by molar-refractivity contribution is 0.415. The number of hydrogen-bond acceptors (Lipinski definition) is 2. The number of halogens is 2. The standard InChI is InChI=1S/C22H16I2N2O/c1-27-19-10-4-7-16(13-19)22-25-20(14-5-2-8-17(23)11-14)21(26-22)15-6-3-9-18(24)12-15/h2-13H,1H3,(H,25,26). The molecule has 0 spiro atoms. The summed E-state index contributed by atoms with van der Waals surface area (Å²) in [6, 6.07) is 24.8. The Hall–Kier alpha value is -1.87. The highest BCUT2D eigenvalue weighted by molar-refractivity contribution is 14.1. The molecule has 1 aromatic heterocycles. The molecule has 1 heterocycles. The third-order valence-corrected chi connectivity index (χ3v) is 5.60. The molecule has 0 unspecified atom stereocenters. The molecule has 0 aliphatic heterocycles. The zero-order valence-electron chi connectivity index (χ0n) is 14.5. The summed E-state index contributed by atoms with van der Waals surface area (Å²) < 4.78 is 7.75. The number of imidazole rings is 1. The minimum atomic E-state index is 0.815. The highest BCUT2D eigenvalue weighted by Gasteiger charge is 2.16. The average molecular weight is 578 g/mol. The monoisotopic (exact) mass is 578 g/mol. The molecule has 0 saturated carbocycles. The maximum absolute atomic E-state index is 5.37. The molecule has 27 heavy (non-hydrogen) atoms. The van der Waals surface area contributed by atoms with E-state index in [4.69, 9.17) is 9.72 Å². The molecule has 0 aliphatic rings. The van der Waals surface area contributed by atoms with Gasteiger partial charge in [-0.1, -0.05) is 36.4 Å². The Balaban J connectivity index is 1.91. The van der Waals surface area contributed by atoms with Crippen molar-refractivity contribution in [3.8, 4) is 39.7 Å². The number of rotatable bonds is 4. The third kappa shape index (κ3) is 4.03. The van der Waals surface area contributed by atoms with Gasteiger partial charge in [-0.15, -0.1) is 0 Å². The van der Waals surface area contributed by atoms with E-state index in [0.29, 0.717) is 0 Å². The van der Waals surface area contributed by atoms with Gasteiger partial charge < -0.3 is 9.72 Å². The van der Waals surface area contributed by atoms with Crippen LogP contribution in [0.3, 0.4) is 0 Å². The van der Waals surface area contributed by atoms with E-state index in [2.05, 4.69) is 98.7 Å². The summed E-state index contributed by atoms with van der Waals surface area (Å²) >= 11 is 4.68. The first-order chi connectivity index (χ1) is 13.1. The van der Waals surface area contributed by atoms with Crippen LogP contribution in [0.1, 0.15) is 0 Å². The lowest BCUT2D eigenvalue weighted by Crippen LogP contribution is -1.85. The molecule has 134 valence electrons. The lowest BCUT2D eigenvalue weighted by atomic mass is 10.1. The van der Waals surface area contributed by atoms with Crippen molar-refractivity contribution in [3.05, 3.63) is 79.9 Å². The highest BCUT2D eigenvalue weighted by atomic mass is 127. The summed E-state index contributed by atoms with van der Waals surface area (Å²) in [4.78, 5) is 8.49. The molecule has 0 bridgehead atoms. The fourth-order valence-corrected chi connectivity index (χ4v) is 4.06. The van der Waals surface area contributed by atoms with E-state index in [9.17, 15) is 0 Å². The molecule has 1 N–H and O–H groups in total. The molecule has 0 radical (unpaired) electrons. The number of nitrogens with one attached hydrogen (secondary N) is 1. The number of hydrogen-bond donors (Lipinski definition) is 1. The predicted molar refractivity (Wildman–Crippen MR) is 127 cm³/mol. The highest BCUT2D eigenvalue weighted by Crippen LogP contribution is 2.34. The Morgan fingerprint density at radius 1 is 0.778 bits per heavy atom. The Kier molecular flexibility index (Phi) is 5.49. The first-order valence-electron chi connectivity index (χ1n) is 8.40. The van der Waals surface area contributed by atoms with Crippen molar-refractivity contribution in [3.63, 3.8) is 0 Å². The molecular weight excluding hydrogens is 562 g/mol. The Bertz CT molecular complexity index is 1040. The second kappa shape index (κ2) is 8.02. The first kappa shape index (κ1) is 18.5. The molecule has 0 aliphatic carbocycles. The van der Waals surface area contributed by atoms with Crippen molar-refractivity contribution in [2.75, 3.05) is 7.11 Å². The Morgan fingerprint density at radius 3 is 2.11 bits per heavy atom. The van der Waals surface area contributed by atoms with Gasteiger partial charge in [-0.3, -0.25) is 0 Å². The van der Waals surface area contributed by atoms with Crippen molar-refractivity contribution in [1.29, 1.82) is 0 Å². The maximum atomic E-state index is 5.37. The van der Waals surface area contributed by atoms with E-state index in [1.165, 1.54) is 7.14 Å². The van der Waals surface area contributed by atoms with Crippen molar-refractivity contribution >= 4 is 45.2 Å². The molecule has 5 heteroatoms. The normalized spacial score (nSPS) is 10.8. The van der Waals surface area contributed by atoms with Crippen LogP contribution in [0.2, 0.25) is 0 Å². The largest absolute Gasteiger partial charge is 0.497 e. The number of H-pyrrole nitrogens is 1. The van der Waals surface area contributed by atoms with Crippen molar-refractivity contribution in [1.82, 2.24) is 9.97 Å². The van der Waals surface area contributed by atoms with Crippen molar-refractivity contribution < 1.29 is 4.74 Å². The van der Waals surface area contributed by atoms with Gasteiger partial charge in [0.15, 0.2) is 0 Å². The SMILES string of the molecule is COc1cccc(-c2nc(-c3cccc(I)c3)c(-c3cccc(I)c3)[nH]2)c1. The summed E-state index contributed by atoms with van der Waals surface area (Å²) in [7, 11) is 1.68. The van der Waals surface area contributed by atoms with Crippen LogP contribution < -0.4 is 4.74 Å². The van der Waals surface area contributed by atoms with Crippen LogP contribution in [0.4, 0.5) is 0 Å². The van der Waals surface area contributed by atoms with Crippen LogP contribution in [0.15, 0.2) is 72.8 Å². The molecule has 3 aromatic carbocycles. The smallest absolute Gasteiger partial charge is 0.138 e. The molecule has 4 rings (SSSR count). The minimum Gasteiger partial charge on any atom is -0.497 e. The number of benzene rings is 3. The average Bonchev–Trinajstić information content (AvgIpc) is 3.14. The van der Waals surface area contributed by atoms with Gasteiger partial charge in [-0.2, -0.15) is 0 Å². The van der Waals surface area contributed by atoms with Crippen LogP contribution >= 0.6 is 45.2 Å². The molecule has 0 fully saturated rings. The molecule has 0 amide bonds. The molecular formula is C22H16I2N2O. The third-order valence-electron chi connectivity index (χ3n) is 4.26. The summed E-state index contributed by atoms with van der Waals surface area (Å²) in [6.07, 6.45) is 0. The molecule has 3 nitrogen and oxygen atoms in total. The van der Waals surface area contributed by atoms with Crippen LogP contribution in [0.5, 0.6) is 5.75 Å². The van der Waals surface area contributed by atoms with Crippen molar-refractivity contribution in [2.24, 2.45) is 0 Å². The summed E-state index contributed by atoms with van der Waals surface area (Å²) in [5.41, 5.74) is 5.19. The van der Waals surface area contributed by atoms with E-state index in [1.54, 1.807) is 7.11 Å². The van der Waals surface area contributed by atoms with Crippen molar-refractivity contribution in [2.45, 2.75) is 0 Å². The Labute approximate surface area is 185 Å². The van der Waals surface area contributed by atoms with E-state index >= 15 is 0 Å². The molecule has 0 atom stereocenters. The zero-order chi connectivity index (χ0) is 18.8. The lowest BCUT2D eigenvalue weighted by Gasteiger charge is -2.04. The van der Waals surface area contributed by atoms with Gasteiger partial charge >= 0.3 is 0 Å². The number of aromatic amines is 1. The van der Waals surface area contributed by atoms with E-state index in [-0.39, 0.29) is 0 Å². The van der Waals surface area contributed by atoms with E-state index in [1.807, 2.05) is 24.3 Å². The van der Waals surface area contributed by atoms with Gasteiger partial charge in [-0.05, 0) is 81.6 Å². The van der Waals surface area contributed by atoms with Gasteiger partial charge in [0, 0.05) is 23.8 Å². The minimum absolute atomic E-state index is 0.815. The van der Waals surface area contributed by atoms with Gasteiger partial charge in [-0.25, -0.2) is 4.98 Å². The molecule has 0 saturated heterocycles. The zero-order valence-corrected chi connectivity index (χ0v) is 18.9. The van der Waals surface area contributed by atoms with Gasteiger partial charge in [0.05, 0.1) is 18.5 Å². The summed E-state index contributed by atoms with van der Waals surface area (Å²) in [6.45, 7) is 0. The van der Waals surface area contributed by atoms with Crippen LogP contribution in [0.25, 0.3) is 33.9 Å². The number of ether oxygens (including phenoxy) is 1. The quantitative estimate of drug-likeness (QED) is 0.277. The van der Waals surface area contributed by atoms with Crippen LogP contribution in [-0.2, 0) is 0 Å². The maximum Gasteiger partial charge on any atom is 0.138 e. The van der Waals surface area contributed by atoms with E-state index < -0.39 is 0 Å². The topological polar surface area (TPSA) is 37.9 Å². The predicted octanol–water partition coefficient (Wildman–Crippen LogP) is 6.63. The Morgan fingerprint density at radius 2 is 1.41 bits per heavy atom. The fraction of sp³-hybridized carbons (Fsp3) is 0.0455. The second-order valence-corrected chi connectivity index (χ2v) is 8.55. The summed E-state index contributed by atoms with van der Waals surface area (Å²) in [5, 5.41) is 0. The summed E-state index contributed by atoms with van der Waals surface area (Å²) in [5.74, 6) is 1.65. The van der Waals surface area contributed by atoms with Crippen LogP contribution in [0, 0.1) is 7.14 Å². The second-order valence-electron chi connectivity index (χ2n) is 6.06. The molecule has 4 aromatic rings. The fourth-order valence-electron chi connectivity index (χ4n) is 2.98. The number of nitrogens with zero attached hydrogens (tertiary/aromatic N) is 1. The van der Waals surface area contributed by atoms with Crippen LogP contribution in [-0.4, -0.2) is 17.1 Å². The van der Waals surface area contributed by atoms with E-state index in [0.717, 1.165) is 39.7 Å². The van der Waals surface area contributed by atoms with Gasteiger partial charge in [0.1, 0.15) is 11.6 Å². The number of aromatic nitrogens is 2. The van der Waals surface area contributed by atoms with Gasteiger partial charge in [0.25, 0.3) is 0 Å². The number of methoxy groups -OCH3 is 1.